The number of nitriles is 1. The first kappa shape index (κ1) is 7.26. The Labute approximate surface area is 63.4 Å². The van der Waals surface area contributed by atoms with Crippen LogP contribution in [-0.2, 0) is 0 Å². The molecule has 1 aromatic heterocycles. The van der Waals surface area contributed by atoms with E-state index in [1.165, 1.54) is 11.3 Å². The van der Waals surface area contributed by atoms with Crippen LogP contribution in [0.2, 0.25) is 0 Å². The van der Waals surface area contributed by atoms with Gasteiger partial charge in [-0.2, -0.15) is 5.26 Å². The highest BCUT2D eigenvalue weighted by Crippen LogP contribution is 2.22. The van der Waals surface area contributed by atoms with Gasteiger partial charge in [0.25, 0.3) is 0 Å². The lowest BCUT2D eigenvalue weighted by atomic mass is 10.2. The van der Waals surface area contributed by atoms with Crippen molar-refractivity contribution in [3.05, 3.63) is 21.9 Å². The maximum Gasteiger partial charge on any atom is 0.100 e. The Morgan fingerprint density at radius 1 is 1.80 bits per heavy atom. The van der Waals surface area contributed by atoms with Crippen LogP contribution in [0, 0.1) is 11.3 Å². The van der Waals surface area contributed by atoms with E-state index in [1.807, 2.05) is 6.07 Å². The largest absolute Gasteiger partial charge is 0.388 e. The molecular formula is C7H7NOS. The number of hydrogen-bond donors (Lipinski definition) is 1. The van der Waals surface area contributed by atoms with Gasteiger partial charge in [-0.05, 0) is 18.4 Å². The summed E-state index contributed by atoms with van der Waals surface area (Å²) in [6.45, 7) is 1.66. The fraction of sp³-hybridized carbons (Fsp3) is 0.286. The SMILES string of the molecule is CC(O)c1sccc1C#N. The van der Waals surface area contributed by atoms with Crippen molar-refractivity contribution in [1.82, 2.24) is 0 Å². The van der Waals surface area contributed by atoms with Crippen molar-refractivity contribution in [1.29, 1.82) is 5.26 Å². The summed E-state index contributed by atoms with van der Waals surface area (Å²) in [5.41, 5.74) is 0.583. The van der Waals surface area contributed by atoms with Gasteiger partial charge in [0, 0.05) is 0 Å². The van der Waals surface area contributed by atoms with Gasteiger partial charge in [0.1, 0.15) is 6.07 Å². The minimum Gasteiger partial charge on any atom is -0.388 e. The second-order valence-electron chi connectivity index (χ2n) is 1.99. The highest BCUT2D eigenvalue weighted by atomic mass is 32.1. The molecule has 1 rings (SSSR count). The summed E-state index contributed by atoms with van der Waals surface area (Å²) in [7, 11) is 0. The molecule has 0 aliphatic heterocycles. The number of rotatable bonds is 1. The molecule has 0 aliphatic rings. The molecule has 0 fully saturated rings. The van der Waals surface area contributed by atoms with E-state index >= 15 is 0 Å². The van der Waals surface area contributed by atoms with Gasteiger partial charge < -0.3 is 5.11 Å². The Morgan fingerprint density at radius 3 is 2.90 bits per heavy atom. The average Bonchev–Trinajstić information content (AvgIpc) is 2.33. The zero-order chi connectivity index (χ0) is 7.56. The number of thiophene rings is 1. The van der Waals surface area contributed by atoms with E-state index < -0.39 is 6.10 Å². The first-order chi connectivity index (χ1) is 4.75. The van der Waals surface area contributed by atoms with Gasteiger partial charge in [0.05, 0.1) is 16.5 Å². The third-order valence-corrected chi connectivity index (χ3v) is 2.28. The third kappa shape index (κ3) is 1.18. The first-order valence-electron chi connectivity index (χ1n) is 2.91. The maximum atomic E-state index is 9.08. The molecule has 52 valence electrons. The highest BCUT2D eigenvalue weighted by Gasteiger charge is 2.07. The van der Waals surface area contributed by atoms with Crippen molar-refractivity contribution >= 4 is 11.3 Å². The van der Waals surface area contributed by atoms with Crippen molar-refractivity contribution in [2.45, 2.75) is 13.0 Å². The van der Waals surface area contributed by atoms with Crippen LogP contribution in [0.15, 0.2) is 11.4 Å². The Morgan fingerprint density at radius 2 is 2.50 bits per heavy atom. The molecule has 0 radical (unpaired) electrons. The molecule has 10 heavy (non-hydrogen) atoms. The second-order valence-corrected chi connectivity index (χ2v) is 2.93. The minimum atomic E-state index is -0.519. The quantitative estimate of drug-likeness (QED) is 0.667. The molecule has 1 aromatic rings. The Balaban J connectivity index is 3.05. The van der Waals surface area contributed by atoms with E-state index in [1.54, 1.807) is 18.4 Å². The number of nitrogens with zero attached hydrogens (tertiary/aromatic N) is 1. The predicted octanol–water partition coefficient (Wildman–Crippen LogP) is 1.67. The van der Waals surface area contributed by atoms with Gasteiger partial charge in [-0.15, -0.1) is 11.3 Å². The second kappa shape index (κ2) is 2.82. The average molecular weight is 153 g/mol. The number of hydrogen-bond acceptors (Lipinski definition) is 3. The number of aliphatic hydroxyl groups excluding tert-OH is 1. The molecule has 0 aliphatic carbocycles. The molecule has 1 atom stereocenters. The van der Waals surface area contributed by atoms with Crippen LogP contribution in [0.4, 0.5) is 0 Å². The summed E-state index contributed by atoms with van der Waals surface area (Å²) in [4.78, 5) is 0.752. The predicted molar refractivity (Wildman–Crippen MR) is 39.7 cm³/mol. The van der Waals surface area contributed by atoms with Crippen LogP contribution < -0.4 is 0 Å². The fourth-order valence-electron chi connectivity index (χ4n) is 0.737. The van der Waals surface area contributed by atoms with E-state index in [9.17, 15) is 0 Å². The molecule has 1 unspecified atom stereocenters. The molecule has 0 spiro atoms. The van der Waals surface area contributed by atoms with Gasteiger partial charge in [-0.1, -0.05) is 0 Å². The minimum absolute atomic E-state index is 0.519. The van der Waals surface area contributed by atoms with E-state index in [0.29, 0.717) is 5.56 Å². The van der Waals surface area contributed by atoms with Crippen LogP contribution in [-0.4, -0.2) is 5.11 Å². The zero-order valence-corrected chi connectivity index (χ0v) is 6.35. The summed E-state index contributed by atoms with van der Waals surface area (Å²) in [6, 6.07) is 3.72. The van der Waals surface area contributed by atoms with E-state index in [4.69, 9.17) is 10.4 Å². The maximum absolute atomic E-state index is 9.08. The zero-order valence-electron chi connectivity index (χ0n) is 5.53. The standard InChI is InChI=1S/C7H7NOS/c1-5(9)7-6(4-8)2-3-10-7/h2-3,5,9H,1H3. The topological polar surface area (TPSA) is 44.0 Å². The molecule has 1 heterocycles. The smallest absolute Gasteiger partial charge is 0.100 e. The first-order valence-corrected chi connectivity index (χ1v) is 3.79. The lowest BCUT2D eigenvalue weighted by molar-refractivity contribution is 0.203. The van der Waals surface area contributed by atoms with Gasteiger partial charge in [0.2, 0.25) is 0 Å². The lowest BCUT2D eigenvalue weighted by Crippen LogP contribution is -1.88. The Bertz CT molecular complexity index is 259. The summed E-state index contributed by atoms with van der Waals surface area (Å²) < 4.78 is 0. The van der Waals surface area contributed by atoms with E-state index in [-0.39, 0.29) is 0 Å². The summed E-state index contributed by atoms with van der Waals surface area (Å²) in [5.74, 6) is 0. The van der Waals surface area contributed by atoms with Gasteiger partial charge >= 0.3 is 0 Å². The van der Waals surface area contributed by atoms with Gasteiger partial charge in [-0.25, -0.2) is 0 Å². The van der Waals surface area contributed by atoms with E-state index in [2.05, 4.69) is 0 Å². The Kier molecular flexibility index (Phi) is 2.05. The van der Waals surface area contributed by atoms with Crippen LogP contribution in [0.25, 0.3) is 0 Å². The van der Waals surface area contributed by atoms with Crippen molar-refractivity contribution in [2.24, 2.45) is 0 Å². The number of aliphatic hydroxyl groups is 1. The van der Waals surface area contributed by atoms with Crippen LogP contribution in [0.5, 0.6) is 0 Å². The molecule has 0 aromatic carbocycles. The fourth-order valence-corrected chi connectivity index (χ4v) is 1.53. The monoisotopic (exact) mass is 153 g/mol. The van der Waals surface area contributed by atoms with Crippen molar-refractivity contribution in [3.8, 4) is 6.07 Å². The Hall–Kier alpha value is -0.850. The molecular weight excluding hydrogens is 146 g/mol. The van der Waals surface area contributed by atoms with Crippen molar-refractivity contribution in [2.75, 3.05) is 0 Å². The molecule has 3 heteroatoms. The van der Waals surface area contributed by atoms with Gasteiger partial charge in [-0.3, -0.25) is 0 Å². The van der Waals surface area contributed by atoms with Crippen molar-refractivity contribution < 1.29 is 5.11 Å². The lowest BCUT2D eigenvalue weighted by Gasteiger charge is -1.98. The van der Waals surface area contributed by atoms with Crippen LogP contribution >= 0.6 is 11.3 Å². The molecule has 0 saturated carbocycles. The van der Waals surface area contributed by atoms with Crippen molar-refractivity contribution in [3.63, 3.8) is 0 Å². The van der Waals surface area contributed by atoms with Crippen LogP contribution in [0.3, 0.4) is 0 Å². The van der Waals surface area contributed by atoms with Gasteiger partial charge in [0.15, 0.2) is 0 Å². The molecule has 0 bridgehead atoms. The summed E-state index contributed by atoms with van der Waals surface area (Å²) in [6.07, 6.45) is -0.519. The molecule has 0 saturated heterocycles. The molecule has 1 N–H and O–H groups in total. The van der Waals surface area contributed by atoms with Crippen LogP contribution in [0.1, 0.15) is 23.5 Å². The molecule has 2 nitrogen and oxygen atoms in total. The molecule has 0 amide bonds. The third-order valence-electron chi connectivity index (χ3n) is 1.20. The van der Waals surface area contributed by atoms with E-state index in [0.717, 1.165) is 4.88 Å². The normalized spacial score (nSPS) is 12.5. The summed E-state index contributed by atoms with van der Waals surface area (Å²) >= 11 is 1.41. The highest BCUT2D eigenvalue weighted by molar-refractivity contribution is 7.10. The summed E-state index contributed by atoms with van der Waals surface area (Å²) in [5, 5.41) is 19.4.